The summed E-state index contributed by atoms with van der Waals surface area (Å²) in [7, 11) is 0. The van der Waals surface area contributed by atoms with E-state index in [0.29, 0.717) is 24.0 Å². The number of carbonyl (C=O) groups is 1. The van der Waals surface area contributed by atoms with Crippen molar-refractivity contribution in [3.8, 4) is 0 Å². The molecule has 2 nitrogen and oxygen atoms in total. The van der Waals surface area contributed by atoms with E-state index in [1.807, 2.05) is 0 Å². The number of aliphatic hydroxyl groups excluding tert-OH is 1. The molecule has 34 heavy (non-hydrogen) atoms. The summed E-state index contributed by atoms with van der Waals surface area (Å²) in [6, 6.07) is 0. The van der Waals surface area contributed by atoms with Gasteiger partial charge in [-0.15, -0.1) is 0 Å². The third-order valence-corrected chi connectivity index (χ3v) is 7.78. The third-order valence-electron chi connectivity index (χ3n) is 7.78. The van der Waals surface area contributed by atoms with E-state index in [4.69, 9.17) is 0 Å². The molecule has 196 valence electrons. The van der Waals surface area contributed by atoms with Gasteiger partial charge < -0.3 is 5.11 Å². The van der Waals surface area contributed by atoms with Gasteiger partial charge in [0.25, 0.3) is 0 Å². The lowest BCUT2D eigenvalue weighted by Crippen LogP contribution is -2.21. The fourth-order valence-corrected chi connectivity index (χ4v) is 5.35. The number of carbonyl (C=O) groups excluding carboxylic acids is 1. The number of allylic oxidation sites excluding steroid dienone is 6. The first-order valence-electron chi connectivity index (χ1n) is 14.1. The van der Waals surface area contributed by atoms with Crippen molar-refractivity contribution in [2.24, 2.45) is 23.7 Å². The lowest BCUT2D eigenvalue weighted by Gasteiger charge is -2.29. The summed E-state index contributed by atoms with van der Waals surface area (Å²) in [4.78, 5) is 13.2. The molecule has 5 atom stereocenters. The first-order valence-corrected chi connectivity index (χ1v) is 14.1. The van der Waals surface area contributed by atoms with Crippen molar-refractivity contribution in [3.63, 3.8) is 0 Å². The van der Waals surface area contributed by atoms with Crippen LogP contribution in [0.1, 0.15) is 119 Å². The van der Waals surface area contributed by atoms with Crippen LogP contribution in [0.3, 0.4) is 0 Å². The van der Waals surface area contributed by atoms with Crippen LogP contribution >= 0.6 is 0 Å². The van der Waals surface area contributed by atoms with Crippen LogP contribution in [-0.2, 0) is 4.79 Å². The Balaban J connectivity index is 2.92. The second kappa shape index (κ2) is 16.5. The Morgan fingerprint density at radius 2 is 1.79 bits per heavy atom. The zero-order valence-electron chi connectivity index (χ0n) is 23.2. The molecule has 1 rings (SSSR count). The molecule has 0 aliphatic heterocycles. The van der Waals surface area contributed by atoms with E-state index in [0.717, 1.165) is 75.4 Å². The molecule has 0 saturated heterocycles. The highest BCUT2D eigenvalue weighted by Gasteiger charge is 2.26. The van der Waals surface area contributed by atoms with Gasteiger partial charge in [0.15, 0.2) is 5.78 Å². The average molecular weight is 477 g/mol. The van der Waals surface area contributed by atoms with Gasteiger partial charge in [-0.2, -0.15) is 0 Å². The molecule has 1 aliphatic carbocycles. The van der Waals surface area contributed by atoms with E-state index >= 15 is 0 Å². The quantitative estimate of drug-likeness (QED) is 0.168. The largest absolute Gasteiger partial charge is 0.393 e. The van der Waals surface area contributed by atoms with E-state index in [9.17, 15) is 14.3 Å². The Morgan fingerprint density at radius 3 is 2.35 bits per heavy atom. The Labute approximate surface area is 210 Å². The normalized spacial score (nSPS) is 20.5. The van der Waals surface area contributed by atoms with Gasteiger partial charge in [0.1, 0.15) is 6.17 Å². The summed E-state index contributed by atoms with van der Waals surface area (Å²) < 4.78 is 14.2. The standard InChI is InChI=1S/C31H53FO2/c1-8-14-27(10-3)31(34)21-28(19-25-18-17-23(6)29(20-25)24(7)32)26(9-2)15-12-11-13-16-30(33)22(4)5/h14,18,20,22-24,26,28,30,33H,8-13,15-17,19,21H2,1-7H3/b27-14+. The lowest BCUT2D eigenvalue weighted by atomic mass is 9.76. The van der Waals surface area contributed by atoms with E-state index < -0.39 is 6.17 Å². The number of hydrogen-bond donors (Lipinski definition) is 1. The smallest absolute Gasteiger partial charge is 0.158 e. The Hall–Kier alpha value is -1.22. The lowest BCUT2D eigenvalue weighted by molar-refractivity contribution is -0.117. The van der Waals surface area contributed by atoms with Crippen LogP contribution in [0.5, 0.6) is 0 Å². The van der Waals surface area contributed by atoms with Crippen LogP contribution < -0.4 is 0 Å². The van der Waals surface area contributed by atoms with Gasteiger partial charge in [0, 0.05) is 6.42 Å². The summed E-state index contributed by atoms with van der Waals surface area (Å²) in [6.45, 7) is 14.3. The van der Waals surface area contributed by atoms with Gasteiger partial charge in [0.2, 0.25) is 0 Å². The van der Waals surface area contributed by atoms with E-state index in [-0.39, 0.29) is 17.9 Å². The second-order valence-corrected chi connectivity index (χ2v) is 10.9. The Bertz CT molecular complexity index is 686. The first kappa shape index (κ1) is 30.8. The molecule has 5 unspecified atom stereocenters. The van der Waals surface area contributed by atoms with Crippen molar-refractivity contribution >= 4 is 5.78 Å². The fourth-order valence-electron chi connectivity index (χ4n) is 5.35. The highest BCUT2D eigenvalue weighted by atomic mass is 19.1. The predicted molar refractivity (Wildman–Crippen MR) is 145 cm³/mol. The number of halogens is 1. The molecule has 0 amide bonds. The third kappa shape index (κ3) is 10.6. The molecule has 0 aromatic heterocycles. The van der Waals surface area contributed by atoms with Crippen LogP contribution in [0.25, 0.3) is 0 Å². The predicted octanol–water partition coefficient (Wildman–Crippen LogP) is 8.94. The monoisotopic (exact) mass is 476 g/mol. The molecule has 1 aliphatic rings. The van der Waals surface area contributed by atoms with Crippen molar-refractivity contribution in [1.82, 2.24) is 0 Å². The Kier molecular flexibility index (Phi) is 14.9. The number of alkyl halides is 1. The summed E-state index contributed by atoms with van der Waals surface area (Å²) >= 11 is 0. The summed E-state index contributed by atoms with van der Waals surface area (Å²) in [5.41, 5.74) is 3.08. The minimum Gasteiger partial charge on any atom is -0.393 e. The van der Waals surface area contributed by atoms with Gasteiger partial charge in [-0.05, 0) is 73.8 Å². The summed E-state index contributed by atoms with van der Waals surface area (Å²) in [6.07, 6.45) is 15.7. The number of aliphatic hydroxyl groups is 1. The Morgan fingerprint density at radius 1 is 1.12 bits per heavy atom. The van der Waals surface area contributed by atoms with Crippen LogP contribution in [0.15, 0.2) is 34.9 Å². The minimum absolute atomic E-state index is 0.204. The van der Waals surface area contributed by atoms with Gasteiger partial charge in [0.05, 0.1) is 6.10 Å². The van der Waals surface area contributed by atoms with Crippen molar-refractivity contribution < 1.29 is 14.3 Å². The average Bonchev–Trinajstić information content (AvgIpc) is 2.80. The maximum Gasteiger partial charge on any atom is 0.158 e. The molecule has 0 aromatic rings. The van der Waals surface area contributed by atoms with Gasteiger partial charge in [-0.25, -0.2) is 4.39 Å². The van der Waals surface area contributed by atoms with Gasteiger partial charge in [-0.1, -0.05) is 97.4 Å². The molecule has 0 saturated carbocycles. The minimum atomic E-state index is -0.916. The van der Waals surface area contributed by atoms with Crippen molar-refractivity contribution in [2.45, 2.75) is 131 Å². The highest BCUT2D eigenvalue weighted by Crippen LogP contribution is 2.36. The molecule has 1 N–H and O–H groups in total. The van der Waals surface area contributed by atoms with Crippen LogP contribution in [0.2, 0.25) is 0 Å². The number of Topliss-reactive ketones (excluding diaryl/α,β-unsaturated/α-hetero) is 1. The molecular weight excluding hydrogens is 423 g/mol. The zero-order chi connectivity index (χ0) is 25.7. The SMILES string of the molecule is CC/C=C(\CC)C(=O)CC(CC1=CCC(C)C(C(C)F)=C1)C(CC)CCCCCC(O)C(C)C. The number of hydrogen-bond acceptors (Lipinski definition) is 2. The molecule has 0 fully saturated rings. The van der Waals surface area contributed by atoms with Crippen LogP contribution in [0, 0.1) is 23.7 Å². The molecule has 0 radical (unpaired) electrons. The highest BCUT2D eigenvalue weighted by molar-refractivity contribution is 5.95. The number of unbranched alkanes of at least 4 members (excludes halogenated alkanes) is 2. The summed E-state index contributed by atoms with van der Waals surface area (Å²) in [5.74, 6) is 1.64. The fraction of sp³-hybridized carbons (Fsp3) is 0.774. The molecule has 0 heterocycles. The van der Waals surface area contributed by atoms with Crippen molar-refractivity contribution in [1.29, 1.82) is 0 Å². The van der Waals surface area contributed by atoms with Crippen LogP contribution in [-0.4, -0.2) is 23.2 Å². The van der Waals surface area contributed by atoms with Crippen molar-refractivity contribution in [3.05, 3.63) is 34.9 Å². The first-order chi connectivity index (χ1) is 16.1. The molecule has 0 aromatic carbocycles. The molecular formula is C31H53FO2. The molecule has 0 spiro atoms. The summed E-state index contributed by atoms with van der Waals surface area (Å²) in [5, 5.41) is 10.1. The van der Waals surface area contributed by atoms with E-state index in [1.54, 1.807) is 6.92 Å². The maximum absolute atomic E-state index is 14.2. The van der Waals surface area contributed by atoms with E-state index in [2.05, 4.69) is 59.8 Å². The van der Waals surface area contributed by atoms with Gasteiger partial charge >= 0.3 is 0 Å². The van der Waals surface area contributed by atoms with E-state index in [1.165, 1.54) is 5.57 Å². The van der Waals surface area contributed by atoms with Gasteiger partial charge in [-0.3, -0.25) is 4.79 Å². The number of rotatable bonds is 17. The maximum atomic E-state index is 14.2. The van der Waals surface area contributed by atoms with Crippen LogP contribution in [0.4, 0.5) is 4.39 Å². The number of ketones is 1. The topological polar surface area (TPSA) is 37.3 Å². The second-order valence-electron chi connectivity index (χ2n) is 10.9. The molecule has 3 heteroatoms. The van der Waals surface area contributed by atoms with Crippen molar-refractivity contribution in [2.75, 3.05) is 0 Å². The molecule has 0 bridgehead atoms. The zero-order valence-corrected chi connectivity index (χ0v) is 23.2.